The van der Waals surface area contributed by atoms with Gasteiger partial charge in [0, 0.05) is 18.7 Å². The summed E-state index contributed by atoms with van der Waals surface area (Å²) in [5.74, 6) is -5.56. The van der Waals surface area contributed by atoms with E-state index in [1.54, 1.807) is 0 Å². The molecule has 2 aromatic carbocycles. The molecule has 0 aliphatic heterocycles. The first-order valence-corrected chi connectivity index (χ1v) is 7.42. The van der Waals surface area contributed by atoms with Crippen LogP contribution in [0.15, 0.2) is 42.5 Å². The molecule has 2 N–H and O–H groups in total. The molecule has 26 heavy (non-hydrogen) atoms. The molecule has 0 spiro atoms. The smallest absolute Gasteiger partial charge is 0.246 e. The highest BCUT2D eigenvalue weighted by Crippen LogP contribution is 2.17. The first-order valence-electron chi connectivity index (χ1n) is 7.42. The Bertz CT molecular complexity index is 848. The van der Waals surface area contributed by atoms with Crippen molar-refractivity contribution in [3.63, 3.8) is 0 Å². The maximum absolute atomic E-state index is 13.5. The molecule has 0 heterocycles. The molecule has 0 bridgehead atoms. The summed E-state index contributed by atoms with van der Waals surface area (Å²) in [5.41, 5.74) is -0.422. The Kier molecular flexibility index (Phi) is 6.11. The first kappa shape index (κ1) is 19.2. The van der Waals surface area contributed by atoms with Gasteiger partial charge in [0.05, 0.1) is 0 Å². The lowest BCUT2D eigenvalue weighted by atomic mass is 10.1. The third-order valence-electron chi connectivity index (χ3n) is 3.47. The van der Waals surface area contributed by atoms with E-state index in [0.29, 0.717) is 0 Å². The second-order valence-corrected chi connectivity index (χ2v) is 5.20. The van der Waals surface area contributed by atoms with Crippen molar-refractivity contribution in [1.29, 1.82) is 0 Å². The van der Waals surface area contributed by atoms with Gasteiger partial charge in [-0.25, -0.2) is 17.6 Å². The van der Waals surface area contributed by atoms with E-state index in [1.165, 1.54) is 13.1 Å². The van der Waals surface area contributed by atoms with Crippen molar-refractivity contribution in [3.05, 3.63) is 76.9 Å². The number of benzene rings is 2. The fourth-order valence-electron chi connectivity index (χ4n) is 2.16. The van der Waals surface area contributed by atoms with Gasteiger partial charge >= 0.3 is 0 Å². The molecule has 2 aromatic rings. The number of carbonyl (C=O) groups excluding carboxylic acids is 2. The van der Waals surface area contributed by atoms with Crippen LogP contribution in [-0.2, 0) is 9.59 Å². The number of rotatable bonds is 5. The van der Waals surface area contributed by atoms with Gasteiger partial charge in [0.2, 0.25) is 11.8 Å². The number of carbonyl (C=O) groups is 2. The summed E-state index contributed by atoms with van der Waals surface area (Å²) in [6.45, 7) is 0. The van der Waals surface area contributed by atoms with Gasteiger partial charge < -0.3 is 10.6 Å². The van der Waals surface area contributed by atoms with Gasteiger partial charge in [0.15, 0.2) is 11.6 Å². The minimum absolute atomic E-state index is 0.00192. The van der Waals surface area contributed by atoms with Crippen molar-refractivity contribution < 1.29 is 27.2 Å². The van der Waals surface area contributed by atoms with Crippen LogP contribution in [0, 0.1) is 23.3 Å². The third kappa shape index (κ3) is 4.47. The highest BCUT2D eigenvalue weighted by atomic mass is 19.2. The van der Waals surface area contributed by atoms with Crippen molar-refractivity contribution in [1.82, 2.24) is 10.6 Å². The average Bonchev–Trinajstić information content (AvgIpc) is 2.61. The maximum Gasteiger partial charge on any atom is 0.246 e. The highest BCUT2D eigenvalue weighted by Gasteiger charge is 2.22. The fourth-order valence-corrected chi connectivity index (χ4v) is 2.16. The van der Waals surface area contributed by atoms with E-state index in [1.807, 2.05) is 0 Å². The van der Waals surface area contributed by atoms with Crippen LogP contribution in [0.2, 0.25) is 0 Å². The van der Waals surface area contributed by atoms with Crippen LogP contribution >= 0.6 is 0 Å². The Balaban J connectivity index is 2.23. The van der Waals surface area contributed by atoms with Gasteiger partial charge in [-0.05, 0) is 35.9 Å². The summed E-state index contributed by atoms with van der Waals surface area (Å²) in [6, 6.07) is 4.63. The molecule has 1 unspecified atom stereocenters. The minimum atomic E-state index is -1.32. The number of halogens is 4. The van der Waals surface area contributed by atoms with Gasteiger partial charge in [-0.2, -0.15) is 0 Å². The van der Waals surface area contributed by atoms with E-state index < -0.39 is 46.7 Å². The van der Waals surface area contributed by atoms with Gasteiger partial charge in [0.1, 0.15) is 17.7 Å². The molecule has 0 saturated carbocycles. The molecule has 1 atom stereocenters. The summed E-state index contributed by atoms with van der Waals surface area (Å²) in [4.78, 5) is 23.9. The molecule has 4 nitrogen and oxygen atoms in total. The molecule has 0 aliphatic rings. The van der Waals surface area contributed by atoms with Crippen molar-refractivity contribution in [2.75, 3.05) is 7.05 Å². The van der Waals surface area contributed by atoms with Gasteiger partial charge in [-0.15, -0.1) is 0 Å². The number of amides is 2. The summed E-state index contributed by atoms with van der Waals surface area (Å²) in [5, 5.41) is 4.55. The molecule has 0 aromatic heterocycles. The average molecular weight is 366 g/mol. The van der Waals surface area contributed by atoms with Crippen molar-refractivity contribution in [2.24, 2.45) is 0 Å². The molecular formula is C18H14F4N2O2. The van der Waals surface area contributed by atoms with Crippen molar-refractivity contribution in [3.8, 4) is 0 Å². The van der Waals surface area contributed by atoms with E-state index in [-0.39, 0.29) is 5.56 Å². The van der Waals surface area contributed by atoms with Crippen LogP contribution in [-0.4, -0.2) is 18.9 Å². The van der Waals surface area contributed by atoms with Gasteiger partial charge in [0.25, 0.3) is 0 Å². The molecule has 0 aliphatic carbocycles. The monoisotopic (exact) mass is 366 g/mol. The maximum atomic E-state index is 13.5. The topological polar surface area (TPSA) is 58.2 Å². The third-order valence-corrected chi connectivity index (χ3v) is 3.47. The number of hydrogen-bond acceptors (Lipinski definition) is 2. The van der Waals surface area contributed by atoms with Crippen molar-refractivity contribution in [2.45, 2.75) is 6.04 Å². The van der Waals surface area contributed by atoms with E-state index in [9.17, 15) is 27.2 Å². The fraction of sp³-hybridized carbons (Fsp3) is 0.111. The molecule has 2 rings (SSSR count). The normalized spacial score (nSPS) is 12.0. The zero-order valence-corrected chi connectivity index (χ0v) is 13.5. The predicted octanol–water partition coefficient (Wildman–Crippen LogP) is 2.86. The molecule has 0 saturated heterocycles. The second-order valence-electron chi connectivity index (χ2n) is 5.20. The highest BCUT2D eigenvalue weighted by molar-refractivity contribution is 5.95. The lowest BCUT2D eigenvalue weighted by molar-refractivity contribution is -0.126. The van der Waals surface area contributed by atoms with Gasteiger partial charge in [-0.3, -0.25) is 9.59 Å². The molecule has 136 valence electrons. The summed E-state index contributed by atoms with van der Waals surface area (Å²) >= 11 is 0. The molecule has 0 radical (unpaired) electrons. The summed E-state index contributed by atoms with van der Waals surface area (Å²) in [7, 11) is 1.30. The summed E-state index contributed by atoms with van der Waals surface area (Å²) < 4.78 is 53.5. The standard InChI is InChI=1S/C18H14F4N2O2/c1-23-18(26)17(10-5-7-14(21)15(22)9-10)24-16(25)8-6-11-12(19)3-2-4-13(11)20/h2-9,17H,1H3,(H,23,26)(H,24,25). The molecule has 0 fully saturated rings. The van der Waals surface area contributed by atoms with E-state index >= 15 is 0 Å². The number of likely N-dealkylation sites (N-methyl/N-ethyl adjacent to an activating group) is 1. The zero-order chi connectivity index (χ0) is 19.3. The van der Waals surface area contributed by atoms with E-state index in [2.05, 4.69) is 10.6 Å². The van der Waals surface area contributed by atoms with Gasteiger partial charge in [-0.1, -0.05) is 12.1 Å². The van der Waals surface area contributed by atoms with E-state index in [4.69, 9.17) is 0 Å². The molecule has 2 amide bonds. The van der Waals surface area contributed by atoms with Crippen LogP contribution in [0.25, 0.3) is 6.08 Å². The van der Waals surface area contributed by atoms with Crippen LogP contribution in [0.5, 0.6) is 0 Å². The lowest BCUT2D eigenvalue weighted by Gasteiger charge is -2.17. The van der Waals surface area contributed by atoms with Crippen LogP contribution < -0.4 is 10.6 Å². The summed E-state index contributed by atoms with van der Waals surface area (Å²) in [6.07, 6.45) is 1.74. The van der Waals surface area contributed by atoms with Crippen molar-refractivity contribution >= 4 is 17.9 Å². The Labute approximate surface area is 146 Å². The van der Waals surface area contributed by atoms with Crippen LogP contribution in [0.3, 0.4) is 0 Å². The Hall–Kier alpha value is -3.16. The predicted molar refractivity (Wildman–Crippen MR) is 86.7 cm³/mol. The van der Waals surface area contributed by atoms with Crippen LogP contribution in [0.4, 0.5) is 17.6 Å². The van der Waals surface area contributed by atoms with E-state index in [0.717, 1.165) is 42.5 Å². The Morgan fingerprint density at radius 2 is 1.62 bits per heavy atom. The first-order chi connectivity index (χ1) is 12.3. The Morgan fingerprint density at radius 1 is 0.962 bits per heavy atom. The quantitative estimate of drug-likeness (QED) is 0.632. The minimum Gasteiger partial charge on any atom is -0.357 e. The lowest BCUT2D eigenvalue weighted by Crippen LogP contribution is -2.38. The molecular weight excluding hydrogens is 352 g/mol. The molecule has 8 heteroatoms. The zero-order valence-electron chi connectivity index (χ0n) is 13.5. The Morgan fingerprint density at radius 3 is 2.19 bits per heavy atom. The largest absolute Gasteiger partial charge is 0.357 e. The SMILES string of the molecule is CNC(=O)C(NC(=O)C=Cc1c(F)cccc1F)c1ccc(F)c(F)c1. The van der Waals surface area contributed by atoms with Crippen LogP contribution in [0.1, 0.15) is 17.2 Å². The second kappa shape index (κ2) is 8.28. The number of nitrogens with one attached hydrogen (secondary N) is 2. The number of hydrogen-bond donors (Lipinski definition) is 2.